The van der Waals surface area contributed by atoms with E-state index in [-0.39, 0.29) is 13.2 Å². The van der Waals surface area contributed by atoms with E-state index in [2.05, 4.69) is 52.8 Å². The van der Waals surface area contributed by atoms with Crippen molar-refractivity contribution >= 4 is 31.2 Å². The molecule has 0 saturated carbocycles. The van der Waals surface area contributed by atoms with Gasteiger partial charge in [-0.25, -0.2) is 4.79 Å². The lowest BCUT2D eigenvalue weighted by molar-refractivity contribution is -0.149. The summed E-state index contributed by atoms with van der Waals surface area (Å²) in [6.07, 6.45) is 3.28. The van der Waals surface area contributed by atoms with E-state index in [1.54, 1.807) is 13.8 Å². The molecule has 0 bridgehead atoms. The Morgan fingerprint density at radius 1 is 0.967 bits per heavy atom. The first-order chi connectivity index (χ1) is 13.5. The van der Waals surface area contributed by atoms with Gasteiger partial charge in [-0.2, -0.15) is 0 Å². The van der Waals surface area contributed by atoms with Crippen LogP contribution in [0.5, 0.6) is 0 Å². The van der Waals surface area contributed by atoms with E-state index in [0.29, 0.717) is 12.2 Å². The monoisotopic (exact) mass is 478 g/mol. The first kappa shape index (κ1) is 29.7. The summed E-state index contributed by atoms with van der Waals surface area (Å²) in [6, 6.07) is 2.15. The SMILES string of the molecule is C=C(C)C(=O)OCC(C)(O)COCCC[Si](C)(C)O[Si](C)(C)O[Si](C)(C)CCCC. The maximum Gasteiger partial charge on any atom is 0.333 e. The summed E-state index contributed by atoms with van der Waals surface area (Å²) in [5.74, 6) is -0.505. The molecular weight excluding hydrogens is 432 g/mol. The number of hydrogen-bond acceptors (Lipinski definition) is 6. The molecule has 0 heterocycles. The molecule has 0 rings (SSSR count). The van der Waals surface area contributed by atoms with Gasteiger partial charge in [0.2, 0.25) is 0 Å². The molecule has 1 unspecified atom stereocenters. The fourth-order valence-corrected chi connectivity index (χ4v) is 17.5. The van der Waals surface area contributed by atoms with Crippen molar-refractivity contribution in [2.45, 2.75) is 97.0 Å². The summed E-state index contributed by atoms with van der Waals surface area (Å²) in [5.41, 5.74) is -0.905. The van der Waals surface area contributed by atoms with E-state index in [1.165, 1.54) is 18.9 Å². The van der Waals surface area contributed by atoms with Crippen molar-refractivity contribution in [2.24, 2.45) is 0 Å². The molecular formula is C21H46O6Si3. The van der Waals surface area contributed by atoms with Gasteiger partial charge in [-0.3, -0.25) is 0 Å². The molecule has 0 aromatic heterocycles. The van der Waals surface area contributed by atoms with Gasteiger partial charge in [0.15, 0.2) is 16.6 Å². The highest BCUT2D eigenvalue weighted by Gasteiger charge is 2.39. The van der Waals surface area contributed by atoms with Crippen molar-refractivity contribution in [1.82, 2.24) is 0 Å². The van der Waals surface area contributed by atoms with Crippen LogP contribution in [0.4, 0.5) is 0 Å². The van der Waals surface area contributed by atoms with Gasteiger partial charge in [0, 0.05) is 12.2 Å². The lowest BCUT2D eigenvalue weighted by Gasteiger charge is -2.38. The smallest absolute Gasteiger partial charge is 0.333 e. The molecule has 0 spiro atoms. The summed E-state index contributed by atoms with van der Waals surface area (Å²) in [5, 5.41) is 10.3. The fraction of sp³-hybridized carbons (Fsp3) is 0.857. The first-order valence-electron chi connectivity index (χ1n) is 11.0. The Kier molecular flexibility index (Phi) is 12.5. The van der Waals surface area contributed by atoms with E-state index < -0.39 is 36.8 Å². The first-order valence-corrected chi connectivity index (χ1v) is 20.1. The van der Waals surface area contributed by atoms with Crippen LogP contribution < -0.4 is 0 Å². The van der Waals surface area contributed by atoms with Crippen LogP contribution in [0.25, 0.3) is 0 Å². The lowest BCUT2D eigenvalue weighted by atomic mass is 10.1. The second-order valence-corrected chi connectivity index (χ2v) is 22.7. The third-order valence-corrected chi connectivity index (χ3v) is 16.0. The summed E-state index contributed by atoms with van der Waals surface area (Å²) >= 11 is 0. The predicted molar refractivity (Wildman–Crippen MR) is 131 cm³/mol. The number of rotatable bonds is 16. The third-order valence-electron chi connectivity index (χ3n) is 4.52. The molecule has 0 amide bonds. The van der Waals surface area contributed by atoms with Crippen LogP contribution in [0, 0.1) is 0 Å². The van der Waals surface area contributed by atoms with E-state index in [0.717, 1.165) is 12.5 Å². The highest BCUT2D eigenvalue weighted by Crippen LogP contribution is 2.26. The molecule has 178 valence electrons. The van der Waals surface area contributed by atoms with Gasteiger partial charge in [0.05, 0.1) is 6.61 Å². The van der Waals surface area contributed by atoms with E-state index in [9.17, 15) is 9.90 Å². The Bertz CT molecular complexity index is 547. The Labute approximate surface area is 187 Å². The quantitative estimate of drug-likeness (QED) is 0.142. The number of unbranched alkanes of at least 4 members (excludes halogenated alkanes) is 1. The van der Waals surface area contributed by atoms with Crippen molar-refractivity contribution < 1.29 is 27.6 Å². The molecule has 30 heavy (non-hydrogen) atoms. The van der Waals surface area contributed by atoms with Crippen LogP contribution in [0.1, 0.15) is 40.0 Å². The molecule has 1 N–H and O–H groups in total. The zero-order valence-corrected chi connectivity index (χ0v) is 23.9. The van der Waals surface area contributed by atoms with Crippen molar-refractivity contribution in [2.75, 3.05) is 19.8 Å². The average Bonchev–Trinajstić information content (AvgIpc) is 2.55. The zero-order valence-electron chi connectivity index (χ0n) is 20.9. The minimum Gasteiger partial charge on any atom is -0.459 e. The molecule has 0 aliphatic heterocycles. The van der Waals surface area contributed by atoms with Crippen molar-refractivity contribution in [3.63, 3.8) is 0 Å². The molecule has 0 aliphatic rings. The maximum atomic E-state index is 11.4. The second-order valence-electron chi connectivity index (χ2n) is 10.2. The van der Waals surface area contributed by atoms with Crippen LogP contribution in [0.3, 0.4) is 0 Å². The predicted octanol–water partition coefficient (Wildman–Crippen LogP) is 5.21. The Morgan fingerprint density at radius 2 is 1.47 bits per heavy atom. The summed E-state index contributed by atoms with van der Waals surface area (Å²) in [6.45, 7) is 22.8. The maximum absolute atomic E-state index is 11.4. The number of carbonyl (C=O) groups excluding carboxylic acids is 1. The highest BCUT2D eigenvalue weighted by atomic mass is 28.5. The molecule has 1 atom stereocenters. The lowest BCUT2D eigenvalue weighted by Crippen LogP contribution is -2.52. The number of hydrogen-bond donors (Lipinski definition) is 1. The van der Waals surface area contributed by atoms with Crippen LogP contribution in [-0.2, 0) is 22.5 Å². The molecule has 6 nitrogen and oxygen atoms in total. The van der Waals surface area contributed by atoms with Crippen molar-refractivity contribution in [3.05, 3.63) is 12.2 Å². The third kappa shape index (κ3) is 14.7. The molecule has 0 aromatic rings. The summed E-state index contributed by atoms with van der Waals surface area (Å²) in [7, 11) is -5.72. The van der Waals surface area contributed by atoms with E-state index >= 15 is 0 Å². The second kappa shape index (κ2) is 12.7. The van der Waals surface area contributed by atoms with Crippen LogP contribution in [0.15, 0.2) is 12.2 Å². The largest absolute Gasteiger partial charge is 0.459 e. The number of aliphatic hydroxyl groups is 1. The Balaban J connectivity index is 4.33. The van der Waals surface area contributed by atoms with E-state index in [1.807, 2.05) is 0 Å². The standard InChI is InChI=1S/C21H46O6Si3/c1-11-12-15-28(5,6)26-30(9,10)27-29(7,8)16-13-14-24-17-21(4,23)18-25-20(22)19(2)3/h23H,2,11-18H2,1,3-10H3. The van der Waals surface area contributed by atoms with Gasteiger partial charge in [0.1, 0.15) is 12.2 Å². The fourth-order valence-electron chi connectivity index (χ4n) is 3.33. The summed E-state index contributed by atoms with van der Waals surface area (Å²) < 4.78 is 23.8. The van der Waals surface area contributed by atoms with Crippen LogP contribution in [0.2, 0.25) is 51.4 Å². The minimum absolute atomic E-state index is 0.111. The molecule has 9 heteroatoms. The van der Waals surface area contributed by atoms with Crippen LogP contribution in [-0.4, -0.2) is 61.7 Å². The highest BCUT2D eigenvalue weighted by molar-refractivity contribution is 6.87. The van der Waals surface area contributed by atoms with Crippen LogP contribution >= 0.6 is 0 Å². The number of carbonyl (C=O) groups is 1. The normalized spacial score (nSPS) is 15.0. The van der Waals surface area contributed by atoms with Gasteiger partial charge in [-0.1, -0.05) is 26.3 Å². The van der Waals surface area contributed by atoms with E-state index in [4.69, 9.17) is 17.7 Å². The van der Waals surface area contributed by atoms with Crippen molar-refractivity contribution in [3.8, 4) is 0 Å². The number of esters is 1. The van der Waals surface area contributed by atoms with Gasteiger partial charge >= 0.3 is 14.5 Å². The Hall–Kier alpha value is -0.299. The van der Waals surface area contributed by atoms with Gasteiger partial charge in [-0.05, 0) is 71.6 Å². The molecule has 0 radical (unpaired) electrons. The average molecular weight is 479 g/mol. The zero-order chi connectivity index (χ0) is 23.6. The van der Waals surface area contributed by atoms with Gasteiger partial charge < -0.3 is 22.8 Å². The Morgan fingerprint density at radius 3 is 1.93 bits per heavy atom. The van der Waals surface area contributed by atoms with Gasteiger partial charge in [-0.15, -0.1) is 0 Å². The van der Waals surface area contributed by atoms with Crippen molar-refractivity contribution in [1.29, 1.82) is 0 Å². The molecule has 0 saturated heterocycles. The molecule has 0 aliphatic carbocycles. The topological polar surface area (TPSA) is 74.2 Å². The summed E-state index contributed by atoms with van der Waals surface area (Å²) in [4.78, 5) is 11.4. The van der Waals surface area contributed by atoms with Gasteiger partial charge in [0.25, 0.3) is 0 Å². The number of ether oxygens (including phenoxy) is 2. The minimum atomic E-state index is -2.17. The molecule has 0 fully saturated rings. The molecule has 0 aromatic carbocycles.